The summed E-state index contributed by atoms with van der Waals surface area (Å²) in [6.07, 6.45) is 4.85. The fourth-order valence-corrected chi connectivity index (χ4v) is 4.01. The average molecular weight is 412 g/mol. The highest BCUT2D eigenvalue weighted by molar-refractivity contribution is 5.95. The molecule has 0 spiro atoms. The van der Waals surface area contributed by atoms with Crippen LogP contribution in [0.3, 0.4) is 0 Å². The second kappa shape index (κ2) is 9.78. The normalized spacial score (nSPS) is 14.8. The van der Waals surface area contributed by atoms with Crippen molar-refractivity contribution >= 4 is 23.2 Å². The average Bonchev–Trinajstić information content (AvgIpc) is 3.21. The molecule has 1 fully saturated rings. The molecule has 2 aromatic rings. The Morgan fingerprint density at radius 2 is 1.83 bits per heavy atom. The van der Waals surface area contributed by atoms with Crippen molar-refractivity contribution in [3.05, 3.63) is 42.2 Å². The summed E-state index contributed by atoms with van der Waals surface area (Å²) in [7, 11) is 0. The number of likely N-dealkylation sites (tertiary alicyclic amines) is 1. The van der Waals surface area contributed by atoms with Gasteiger partial charge in [0.2, 0.25) is 5.91 Å². The number of nitrogens with zero attached hydrogens (tertiary/aromatic N) is 4. The molecule has 0 atom stereocenters. The number of piperidine rings is 1. The van der Waals surface area contributed by atoms with Gasteiger partial charge in [0.25, 0.3) is 5.91 Å². The van der Waals surface area contributed by atoms with E-state index >= 15 is 0 Å². The third-order valence-corrected chi connectivity index (χ3v) is 5.79. The van der Waals surface area contributed by atoms with Gasteiger partial charge < -0.3 is 15.1 Å². The molecule has 1 aromatic carbocycles. The Morgan fingerprint density at radius 3 is 2.37 bits per heavy atom. The van der Waals surface area contributed by atoms with Crippen molar-refractivity contribution in [2.45, 2.75) is 53.1 Å². The summed E-state index contributed by atoms with van der Waals surface area (Å²) in [5.41, 5.74) is 2.56. The highest BCUT2D eigenvalue weighted by Crippen LogP contribution is 2.23. The van der Waals surface area contributed by atoms with E-state index in [0.717, 1.165) is 24.5 Å². The van der Waals surface area contributed by atoms with Crippen molar-refractivity contribution in [3.63, 3.8) is 0 Å². The van der Waals surface area contributed by atoms with Crippen LogP contribution < -0.4 is 10.2 Å². The molecule has 3 rings (SSSR count). The van der Waals surface area contributed by atoms with E-state index in [-0.39, 0.29) is 17.7 Å². The molecule has 7 nitrogen and oxygen atoms in total. The topological polar surface area (TPSA) is 70.5 Å². The van der Waals surface area contributed by atoms with Crippen LogP contribution in [0.15, 0.2) is 36.7 Å². The van der Waals surface area contributed by atoms with Crippen LogP contribution in [0.1, 0.15) is 50.9 Å². The van der Waals surface area contributed by atoms with Gasteiger partial charge in [0, 0.05) is 55.6 Å². The van der Waals surface area contributed by atoms with Crippen LogP contribution in [-0.2, 0) is 11.3 Å². The summed E-state index contributed by atoms with van der Waals surface area (Å²) in [5.74, 6) is -0.0294. The maximum absolute atomic E-state index is 12.9. The second-order valence-electron chi connectivity index (χ2n) is 8.07. The smallest absolute Gasteiger partial charge is 0.253 e. The van der Waals surface area contributed by atoms with Crippen LogP contribution in [-0.4, -0.2) is 52.2 Å². The van der Waals surface area contributed by atoms with E-state index in [2.05, 4.69) is 36.1 Å². The maximum Gasteiger partial charge on any atom is 0.253 e. The molecule has 1 aliphatic heterocycles. The lowest BCUT2D eigenvalue weighted by Gasteiger charge is -2.31. The third-order valence-electron chi connectivity index (χ3n) is 5.79. The minimum Gasteiger partial charge on any atom is -0.369 e. The van der Waals surface area contributed by atoms with Gasteiger partial charge in [-0.05, 0) is 64.8 Å². The van der Waals surface area contributed by atoms with Crippen LogP contribution in [0, 0.1) is 5.92 Å². The number of anilines is 2. The minimum absolute atomic E-state index is 0.00967. The molecule has 1 aliphatic rings. The van der Waals surface area contributed by atoms with E-state index in [1.165, 1.54) is 0 Å². The molecule has 0 aliphatic carbocycles. The molecule has 1 saturated heterocycles. The van der Waals surface area contributed by atoms with Crippen LogP contribution in [0.4, 0.5) is 11.4 Å². The molecule has 1 N–H and O–H groups in total. The monoisotopic (exact) mass is 411 g/mol. The molecule has 1 aromatic heterocycles. The van der Waals surface area contributed by atoms with Crippen molar-refractivity contribution in [2.24, 2.45) is 5.92 Å². The Bertz CT molecular complexity index is 851. The molecular formula is C23H33N5O2. The first-order valence-electron chi connectivity index (χ1n) is 10.9. The van der Waals surface area contributed by atoms with Gasteiger partial charge >= 0.3 is 0 Å². The van der Waals surface area contributed by atoms with Gasteiger partial charge in [-0.15, -0.1) is 0 Å². The SMILES string of the molecule is CCN(c1ccc(C(=O)N2CCC(C(=O)Nc3cnn(CC)c3)CC2)cc1)C(C)C. The Hall–Kier alpha value is -2.83. The van der Waals surface area contributed by atoms with Gasteiger partial charge in [-0.3, -0.25) is 14.3 Å². The number of aromatic nitrogens is 2. The van der Waals surface area contributed by atoms with Crippen LogP contribution in [0.2, 0.25) is 0 Å². The van der Waals surface area contributed by atoms with Crippen molar-refractivity contribution in [3.8, 4) is 0 Å². The quantitative estimate of drug-likeness (QED) is 0.755. The summed E-state index contributed by atoms with van der Waals surface area (Å²) in [6.45, 7) is 11.4. The zero-order chi connectivity index (χ0) is 21.7. The molecule has 0 saturated carbocycles. The second-order valence-corrected chi connectivity index (χ2v) is 8.07. The largest absolute Gasteiger partial charge is 0.369 e. The lowest BCUT2D eigenvalue weighted by molar-refractivity contribution is -0.121. The van der Waals surface area contributed by atoms with E-state index < -0.39 is 0 Å². The first-order valence-corrected chi connectivity index (χ1v) is 10.9. The Morgan fingerprint density at radius 1 is 1.17 bits per heavy atom. The first-order chi connectivity index (χ1) is 14.4. The molecule has 30 heavy (non-hydrogen) atoms. The number of hydrogen-bond acceptors (Lipinski definition) is 4. The predicted octanol–water partition coefficient (Wildman–Crippen LogP) is 3.63. The lowest BCUT2D eigenvalue weighted by atomic mass is 9.95. The van der Waals surface area contributed by atoms with Gasteiger partial charge in [-0.2, -0.15) is 5.10 Å². The zero-order valence-corrected chi connectivity index (χ0v) is 18.5. The summed E-state index contributed by atoms with van der Waals surface area (Å²) in [4.78, 5) is 29.6. The fourth-order valence-electron chi connectivity index (χ4n) is 4.01. The highest BCUT2D eigenvalue weighted by atomic mass is 16.2. The Labute approximate surface area is 179 Å². The standard InChI is InChI=1S/C23H33N5O2/c1-5-27-16-20(15-24-27)25-22(29)18-11-13-26(14-12-18)23(30)19-7-9-21(10-8-19)28(6-2)17(3)4/h7-10,15-18H,5-6,11-14H2,1-4H3,(H,25,29). The van der Waals surface area contributed by atoms with E-state index in [0.29, 0.717) is 37.5 Å². The zero-order valence-electron chi connectivity index (χ0n) is 18.5. The summed E-state index contributed by atoms with van der Waals surface area (Å²) in [6, 6.07) is 8.28. The van der Waals surface area contributed by atoms with Gasteiger partial charge in [0.1, 0.15) is 0 Å². The molecular weight excluding hydrogens is 378 g/mol. The molecule has 0 radical (unpaired) electrons. The fraction of sp³-hybridized carbons (Fsp3) is 0.522. The van der Waals surface area contributed by atoms with Crippen molar-refractivity contribution in [1.82, 2.24) is 14.7 Å². The molecule has 162 valence electrons. The number of carbonyl (C=O) groups excluding carboxylic acids is 2. The molecule has 2 amide bonds. The molecule has 7 heteroatoms. The number of nitrogens with one attached hydrogen (secondary N) is 1. The van der Waals surface area contributed by atoms with Crippen molar-refractivity contribution in [1.29, 1.82) is 0 Å². The van der Waals surface area contributed by atoms with Crippen LogP contribution in [0.25, 0.3) is 0 Å². The first kappa shape index (κ1) is 21.9. The molecule has 0 unspecified atom stereocenters. The predicted molar refractivity (Wildman–Crippen MR) is 120 cm³/mol. The van der Waals surface area contributed by atoms with E-state index in [1.807, 2.05) is 42.3 Å². The van der Waals surface area contributed by atoms with E-state index in [4.69, 9.17) is 0 Å². The number of aryl methyl sites for hydroxylation is 1. The summed E-state index contributed by atoms with van der Waals surface area (Å²) in [5, 5.41) is 7.12. The maximum atomic E-state index is 12.9. The number of benzene rings is 1. The summed E-state index contributed by atoms with van der Waals surface area (Å²) < 4.78 is 1.78. The number of rotatable bonds is 7. The lowest BCUT2D eigenvalue weighted by Crippen LogP contribution is -2.41. The Balaban J connectivity index is 1.54. The summed E-state index contributed by atoms with van der Waals surface area (Å²) >= 11 is 0. The van der Waals surface area contributed by atoms with Crippen molar-refractivity contribution in [2.75, 3.05) is 29.9 Å². The number of amides is 2. The number of carbonyl (C=O) groups is 2. The van der Waals surface area contributed by atoms with E-state index in [1.54, 1.807) is 10.9 Å². The van der Waals surface area contributed by atoms with E-state index in [9.17, 15) is 9.59 Å². The van der Waals surface area contributed by atoms with Gasteiger partial charge in [-0.25, -0.2) is 0 Å². The van der Waals surface area contributed by atoms with Crippen LogP contribution in [0.5, 0.6) is 0 Å². The van der Waals surface area contributed by atoms with Gasteiger partial charge in [0.05, 0.1) is 11.9 Å². The Kier molecular flexibility index (Phi) is 7.13. The van der Waals surface area contributed by atoms with Gasteiger partial charge in [0.15, 0.2) is 0 Å². The molecule has 2 heterocycles. The van der Waals surface area contributed by atoms with Crippen LogP contribution >= 0.6 is 0 Å². The third kappa shape index (κ3) is 5.01. The van der Waals surface area contributed by atoms with Gasteiger partial charge in [-0.1, -0.05) is 0 Å². The highest BCUT2D eigenvalue weighted by Gasteiger charge is 2.28. The molecule has 0 bridgehead atoms. The number of hydrogen-bond donors (Lipinski definition) is 1. The van der Waals surface area contributed by atoms with Crippen molar-refractivity contribution < 1.29 is 9.59 Å². The minimum atomic E-state index is -0.0782.